The average Bonchev–Trinajstić information content (AvgIpc) is 2.34. The van der Waals surface area contributed by atoms with Crippen molar-refractivity contribution in [3.63, 3.8) is 0 Å². The number of hydrogen-bond acceptors (Lipinski definition) is 2. The molecule has 1 rings (SSSR count). The summed E-state index contributed by atoms with van der Waals surface area (Å²) >= 11 is 0. The van der Waals surface area contributed by atoms with Gasteiger partial charge in [-0.2, -0.15) is 0 Å². The molecule has 2 heteroatoms. The molecule has 1 fully saturated rings. The van der Waals surface area contributed by atoms with E-state index in [1.807, 2.05) is 0 Å². The van der Waals surface area contributed by atoms with Crippen LogP contribution in [0.3, 0.4) is 0 Å². The lowest BCUT2D eigenvalue weighted by atomic mass is 10.0. The summed E-state index contributed by atoms with van der Waals surface area (Å²) in [6.07, 6.45) is 8.33. The second kappa shape index (κ2) is 8.92. The molecule has 0 aromatic rings. The van der Waals surface area contributed by atoms with Gasteiger partial charge in [-0.25, -0.2) is 0 Å². The highest BCUT2D eigenvalue weighted by molar-refractivity contribution is 4.78. The number of rotatable bonds is 8. The summed E-state index contributed by atoms with van der Waals surface area (Å²) in [6.45, 7) is 12.1. The smallest absolute Gasteiger partial charge is 0.0117 e. The van der Waals surface area contributed by atoms with Crippen LogP contribution in [0.2, 0.25) is 0 Å². The van der Waals surface area contributed by atoms with Crippen LogP contribution in [-0.4, -0.2) is 49.1 Å². The Morgan fingerprint density at radius 2 is 1.78 bits per heavy atom. The van der Waals surface area contributed by atoms with Crippen LogP contribution in [-0.2, 0) is 0 Å². The van der Waals surface area contributed by atoms with Crippen LogP contribution in [0.4, 0.5) is 0 Å². The Hall–Kier alpha value is -0.0800. The standard InChI is InChI=1S/C16H34N2/c1-5-6-7-8-11-18-12-9-16(10-13-18)17(4)14-15(2)3/h15-16H,5-14H2,1-4H3. The lowest BCUT2D eigenvalue weighted by Gasteiger charge is -2.37. The molecule has 0 unspecified atom stereocenters. The molecule has 0 aromatic heterocycles. The average molecular weight is 254 g/mol. The van der Waals surface area contributed by atoms with Gasteiger partial charge in [-0.15, -0.1) is 0 Å². The van der Waals surface area contributed by atoms with Gasteiger partial charge in [0, 0.05) is 12.6 Å². The normalized spacial score (nSPS) is 19.0. The van der Waals surface area contributed by atoms with Gasteiger partial charge in [0.2, 0.25) is 0 Å². The molecule has 0 bridgehead atoms. The zero-order chi connectivity index (χ0) is 13.4. The molecule has 0 aliphatic carbocycles. The van der Waals surface area contributed by atoms with E-state index in [1.165, 1.54) is 64.7 Å². The molecule has 1 aliphatic heterocycles. The van der Waals surface area contributed by atoms with Gasteiger partial charge in [-0.3, -0.25) is 0 Å². The Morgan fingerprint density at radius 1 is 1.11 bits per heavy atom. The van der Waals surface area contributed by atoms with Crippen molar-refractivity contribution < 1.29 is 0 Å². The van der Waals surface area contributed by atoms with Gasteiger partial charge in [0.1, 0.15) is 0 Å². The first-order chi connectivity index (χ1) is 8.63. The second-order valence-electron chi connectivity index (χ2n) is 6.47. The lowest BCUT2D eigenvalue weighted by Crippen LogP contribution is -2.44. The molecule has 108 valence electrons. The molecule has 0 aromatic carbocycles. The molecule has 1 aliphatic rings. The molecule has 0 atom stereocenters. The van der Waals surface area contributed by atoms with E-state index in [-0.39, 0.29) is 0 Å². The van der Waals surface area contributed by atoms with Crippen molar-refractivity contribution >= 4 is 0 Å². The Morgan fingerprint density at radius 3 is 2.33 bits per heavy atom. The second-order valence-corrected chi connectivity index (χ2v) is 6.47. The largest absolute Gasteiger partial charge is 0.303 e. The first-order valence-electron chi connectivity index (χ1n) is 8.06. The fraction of sp³-hybridized carbons (Fsp3) is 1.00. The Labute approximate surface area is 115 Å². The first kappa shape index (κ1) is 16.0. The molecule has 1 heterocycles. The minimum Gasteiger partial charge on any atom is -0.303 e. The summed E-state index contributed by atoms with van der Waals surface area (Å²) in [5, 5.41) is 0. The number of nitrogens with zero attached hydrogens (tertiary/aromatic N) is 2. The highest BCUT2D eigenvalue weighted by atomic mass is 15.2. The molecule has 0 N–H and O–H groups in total. The van der Waals surface area contributed by atoms with Crippen LogP contribution in [0.25, 0.3) is 0 Å². The predicted molar refractivity (Wildman–Crippen MR) is 81.1 cm³/mol. The molecular weight excluding hydrogens is 220 g/mol. The van der Waals surface area contributed by atoms with E-state index in [0.717, 1.165) is 12.0 Å². The van der Waals surface area contributed by atoms with Crippen LogP contribution in [0, 0.1) is 5.92 Å². The van der Waals surface area contributed by atoms with Gasteiger partial charge in [0.05, 0.1) is 0 Å². The van der Waals surface area contributed by atoms with Gasteiger partial charge >= 0.3 is 0 Å². The van der Waals surface area contributed by atoms with E-state index in [1.54, 1.807) is 0 Å². The van der Waals surface area contributed by atoms with E-state index >= 15 is 0 Å². The van der Waals surface area contributed by atoms with E-state index in [9.17, 15) is 0 Å². The van der Waals surface area contributed by atoms with E-state index in [2.05, 4.69) is 37.6 Å². The summed E-state index contributed by atoms with van der Waals surface area (Å²) in [5.74, 6) is 0.794. The molecule has 0 amide bonds. The van der Waals surface area contributed by atoms with E-state index in [0.29, 0.717) is 0 Å². The fourth-order valence-corrected chi connectivity index (χ4v) is 3.07. The molecule has 2 nitrogen and oxygen atoms in total. The van der Waals surface area contributed by atoms with E-state index in [4.69, 9.17) is 0 Å². The Bertz CT molecular complexity index is 195. The first-order valence-corrected chi connectivity index (χ1v) is 8.06. The van der Waals surface area contributed by atoms with Crippen LogP contribution in [0.15, 0.2) is 0 Å². The number of likely N-dealkylation sites (tertiary alicyclic amines) is 1. The number of piperidine rings is 1. The Kier molecular flexibility index (Phi) is 7.92. The topological polar surface area (TPSA) is 6.48 Å². The monoisotopic (exact) mass is 254 g/mol. The quantitative estimate of drug-likeness (QED) is 0.610. The predicted octanol–water partition coefficient (Wildman–Crippen LogP) is 3.62. The molecule has 0 saturated carbocycles. The zero-order valence-electron chi connectivity index (χ0n) is 13.1. The van der Waals surface area contributed by atoms with Gasteiger partial charge < -0.3 is 9.80 Å². The third-order valence-corrected chi connectivity index (χ3v) is 4.16. The summed E-state index contributed by atoms with van der Waals surface area (Å²) < 4.78 is 0. The maximum absolute atomic E-state index is 2.68. The van der Waals surface area contributed by atoms with Crippen LogP contribution >= 0.6 is 0 Å². The van der Waals surface area contributed by atoms with Crippen molar-refractivity contribution in [1.82, 2.24) is 9.80 Å². The third-order valence-electron chi connectivity index (χ3n) is 4.16. The fourth-order valence-electron chi connectivity index (χ4n) is 3.07. The van der Waals surface area contributed by atoms with Crippen molar-refractivity contribution in [2.24, 2.45) is 5.92 Å². The van der Waals surface area contributed by atoms with E-state index < -0.39 is 0 Å². The van der Waals surface area contributed by atoms with Gasteiger partial charge in [0.25, 0.3) is 0 Å². The highest BCUT2D eigenvalue weighted by Gasteiger charge is 2.22. The molecule has 0 radical (unpaired) electrons. The molecular formula is C16H34N2. The third kappa shape index (κ3) is 6.19. The molecule has 1 saturated heterocycles. The van der Waals surface area contributed by atoms with Gasteiger partial charge in [-0.1, -0.05) is 40.0 Å². The minimum atomic E-state index is 0.794. The minimum absolute atomic E-state index is 0.794. The Balaban J connectivity index is 2.12. The molecule has 0 spiro atoms. The summed E-state index contributed by atoms with van der Waals surface area (Å²) in [4.78, 5) is 5.26. The molecule has 18 heavy (non-hydrogen) atoms. The number of unbranched alkanes of at least 4 members (excludes halogenated alkanes) is 3. The van der Waals surface area contributed by atoms with Crippen molar-refractivity contribution in [2.75, 3.05) is 33.2 Å². The summed E-state index contributed by atoms with van der Waals surface area (Å²) in [6, 6.07) is 0.833. The summed E-state index contributed by atoms with van der Waals surface area (Å²) in [7, 11) is 2.31. The van der Waals surface area contributed by atoms with Crippen LogP contribution in [0.5, 0.6) is 0 Å². The zero-order valence-corrected chi connectivity index (χ0v) is 13.1. The maximum atomic E-state index is 2.68. The van der Waals surface area contributed by atoms with Crippen LogP contribution < -0.4 is 0 Å². The van der Waals surface area contributed by atoms with Crippen molar-refractivity contribution in [3.8, 4) is 0 Å². The summed E-state index contributed by atoms with van der Waals surface area (Å²) in [5.41, 5.74) is 0. The number of hydrogen-bond donors (Lipinski definition) is 0. The van der Waals surface area contributed by atoms with Gasteiger partial charge in [0.15, 0.2) is 0 Å². The SMILES string of the molecule is CCCCCCN1CCC(N(C)CC(C)C)CC1. The lowest BCUT2D eigenvalue weighted by molar-refractivity contribution is 0.118. The van der Waals surface area contributed by atoms with Crippen molar-refractivity contribution in [1.29, 1.82) is 0 Å². The maximum Gasteiger partial charge on any atom is 0.0117 e. The van der Waals surface area contributed by atoms with Crippen LogP contribution in [0.1, 0.15) is 59.3 Å². The van der Waals surface area contributed by atoms with Gasteiger partial charge in [-0.05, 0) is 51.9 Å². The van der Waals surface area contributed by atoms with Crippen molar-refractivity contribution in [2.45, 2.75) is 65.3 Å². The van der Waals surface area contributed by atoms with Crippen molar-refractivity contribution in [3.05, 3.63) is 0 Å². The highest BCUT2D eigenvalue weighted by Crippen LogP contribution is 2.17.